The summed E-state index contributed by atoms with van der Waals surface area (Å²) in [5, 5.41) is 6.13. The minimum Gasteiger partial charge on any atom is -0.362 e. The molecular weight excluding hydrogens is 410 g/mol. The topological polar surface area (TPSA) is 58.2 Å². The van der Waals surface area contributed by atoms with Crippen molar-refractivity contribution in [3.05, 3.63) is 87.2 Å². The Balaban J connectivity index is 1.81. The van der Waals surface area contributed by atoms with Gasteiger partial charge in [0.25, 0.3) is 5.91 Å². The molecule has 7 heteroatoms. The third-order valence-corrected chi connectivity index (χ3v) is 5.76. The molecule has 2 aliphatic rings. The first-order valence-corrected chi connectivity index (χ1v) is 9.99. The maximum Gasteiger partial charge on any atom is 0.254 e. The van der Waals surface area contributed by atoms with Gasteiger partial charge in [-0.25, -0.2) is 8.78 Å². The number of rotatable bonds is 3. The van der Waals surface area contributed by atoms with Crippen molar-refractivity contribution in [3.63, 3.8) is 0 Å². The van der Waals surface area contributed by atoms with Crippen molar-refractivity contribution in [1.82, 2.24) is 5.32 Å². The van der Waals surface area contributed by atoms with Gasteiger partial charge in [-0.15, -0.1) is 0 Å². The third-order valence-electron chi connectivity index (χ3n) is 5.42. The molecule has 1 atom stereocenters. The number of anilines is 1. The zero-order valence-corrected chi connectivity index (χ0v) is 16.9. The highest BCUT2D eigenvalue weighted by Gasteiger charge is 2.39. The number of hydrogen-bond donors (Lipinski definition) is 2. The van der Waals surface area contributed by atoms with Crippen LogP contribution in [0.25, 0.3) is 0 Å². The Hall–Kier alpha value is -2.99. The number of allylic oxidation sites excluding steroid dienone is 3. The molecule has 2 aromatic carbocycles. The lowest BCUT2D eigenvalue weighted by atomic mass is 9.75. The van der Waals surface area contributed by atoms with Crippen molar-refractivity contribution < 1.29 is 18.4 Å². The van der Waals surface area contributed by atoms with E-state index in [0.717, 1.165) is 24.3 Å². The Morgan fingerprint density at radius 3 is 2.67 bits per heavy atom. The van der Waals surface area contributed by atoms with Gasteiger partial charge in [-0.1, -0.05) is 29.8 Å². The second-order valence-electron chi connectivity index (χ2n) is 7.37. The summed E-state index contributed by atoms with van der Waals surface area (Å²) >= 11 is 6.45. The first-order chi connectivity index (χ1) is 14.4. The molecule has 1 heterocycles. The molecule has 0 aromatic heterocycles. The first kappa shape index (κ1) is 20.3. The molecule has 1 amide bonds. The molecule has 0 saturated heterocycles. The lowest BCUT2D eigenvalue weighted by Gasteiger charge is -2.34. The van der Waals surface area contributed by atoms with Gasteiger partial charge in [-0.3, -0.25) is 9.59 Å². The van der Waals surface area contributed by atoms with Crippen LogP contribution in [0.3, 0.4) is 0 Å². The van der Waals surface area contributed by atoms with Crippen LogP contribution in [-0.4, -0.2) is 11.7 Å². The SMILES string of the molecule is CC1=C(C(=O)Nc2ccc(F)cc2F)[C@H](c2ccccc2Cl)C2=C(CCCC2=O)N1. The number of amides is 1. The molecule has 0 radical (unpaired) electrons. The number of ketones is 1. The molecule has 4 nitrogen and oxygen atoms in total. The number of hydrogen-bond acceptors (Lipinski definition) is 3. The summed E-state index contributed by atoms with van der Waals surface area (Å²) in [4.78, 5) is 26.1. The summed E-state index contributed by atoms with van der Waals surface area (Å²) in [6.07, 6.45) is 1.82. The zero-order chi connectivity index (χ0) is 21.4. The van der Waals surface area contributed by atoms with E-state index in [4.69, 9.17) is 11.6 Å². The van der Waals surface area contributed by atoms with Gasteiger partial charge < -0.3 is 10.6 Å². The molecule has 2 aromatic rings. The summed E-state index contributed by atoms with van der Waals surface area (Å²) in [5.74, 6) is -2.92. The van der Waals surface area contributed by atoms with Gasteiger partial charge in [-0.05, 0) is 43.5 Å². The van der Waals surface area contributed by atoms with E-state index in [9.17, 15) is 18.4 Å². The van der Waals surface area contributed by atoms with Gasteiger partial charge in [0.05, 0.1) is 5.69 Å². The predicted molar refractivity (Wildman–Crippen MR) is 111 cm³/mol. The predicted octanol–water partition coefficient (Wildman–Crippen LogP) is 5.22. The molecule has 30 heavy (non-hydrogen) atoms. The Bertz CT molecular complexity index is 1120. The van der Waals surface area contributed by atoms with Gasteiger partial charge in [0.15, 0.2) is 5.78 Å². The number of carbonyl (C=O) groups excluding carboxylic acids is 2. The number of nitrogens with one attached hydrogen (secondary N) is 2. The van der Waals surface area contributed by atoms with Crippen molar-refractivity contribution in [1.29, 1.82) is 0 Å². The summed E-state index contributed by atoms with van der Waals surface area (Å²) < 4.78 is 27.3. The second-order valence-corrected chi connectivity index (χ2v) is 7.77. The van der Waals surface area contributed by atoms with E-state index in [1.165, 1.54) is 0 Å². The first-order valence-electron chi connectivity index (χ1n) is 9.61. The fraction of sp³-hybridized carbons (Fsp3) is 0.217. The number of carbonyl (C=O) groups is 2. The highest BCUT2D eigenvalue weighted by atomic mass is 35.5. The van der Waals surface area contributed by atoms with Crippen molar-refractivity contribution in [2.24, 2.45) is 0 Å². The quantitative estimate of drug-likeness (QED) is 0.704. The van der Waals surface area contributed by atoms with E-state index in [-0.39, 0.29) is 17.0 Å². The van der Waals surface area contributed by atoms with Gasteiger partial charge in [0.2, 0.25) is 0 Å². The molecule has 0 bridgehead atoms. The van der Waals surface area contributed by atoms with Crippen LogP contribution in [0.5, 0.6) is 0 Å². The maximum absolute atomic E-state index is 14.1. The lowest BCUT2D eigenvalue weighted by Crippen LogP contribution is -2.35. The molecule has 0 saturated carbocycles. The van der Waals surface area contributed by atoms with E-state index in [1.807, 2.05) is 0 Å². The molecular formula is C23H19ClF2N2O2. The Morgan fingerprint density at radius 1 is 1.17 bits per heavy atom. The highest BCUT2D eigenvalue weighted by molar-refractivity contribution is 6.31. The minimum atomic E-state index is -0.881. The van der Waals surface area contributed by atoms with Crippen LogP contribution in [0.15, 0.2) is 65.0 Å². The van der Waals surface area contributed by atoms with Crippen LogP contribution in [-0.2, 0) is 9.59 Å². The fourth-order valence-electron chi connectivity index (χ4n) is 4.09. The van der Waals surface area contributed by atoms with Crippen LogP contribution in [0.2, 0.25) is 5.02 Å². The minimum absolute atomic E-state index is 0.0422. The Labute approximate surface area is 177 Å². The van der Waals surface area contributed by atoms with Gasteiger partial charge in [-0.2, -0.15) is 0 Å². The van der Waals surface area contributed by atoms with Crippen LogP contribution in [0.4, 0.5) is 14.5 Å². The van der Waals surface area contributed by atoms with Crippen molar-refractivity contribution >= 4 is 29.0 Å². The van der Waals surface area contributed by atoms with E-state index < -0.39 is 23.5 Å². The molecule has 1 aliphatic carbocycles. The van der Waals surface area contributed by atoms with Gasteiger partial charge in [0.1, 0.15) is 11.6 Å². The number of benzene rings is 2. The Kier molecular flexibility index (Phi) is 5.43. The average Bonchev–Trinajstić information content (AvgIpc) is 2.69. The molecule has 4 rings (SSSR count). The second kappa shape index (κ2) is 8.03. The van der Waals surface area contributed by atoms with E-state index in [0.29, 0.717) is 40.8 Å². The smallest absolute Gasteiger partial charge is 0.254 e. The van der Waals surface area contributed by atoms with Crippen molar-refractivity contribution in [3.8, 4) is 0 Å². The molecule has 2 N–H and O–H groups in total. The van der Waals surface area contributed by atoms with E-state index in [2.05, 4.69) is 10.6 Å². The van der Waals surface area contributed by atoms with Crippen LogP contribution < -0.4 is 10.6 Å². The highest BCUT2D eigenvalue weighted by Crippen LogP contribution is 2.44. The van der Waals surface area contributed by atoms with Crippen LogP contribution in [0.1, 0.15) is 37.7 Å². The molecule has 154 valence electrons. The van der Waals surface area contributed by atoms with Crippen molar-refractivity contribution in [2.75, 3.05) is 5.32 Å². The van der Waals surface area contributed by atoms with Crippen LogP contribution in [0, 0.1) is 11.6 Å². The fourth-order valence-corrected chi connectivity index (χ4v) is 4.33. The summed E-state index contributed by atoms with van der Waals surface area (Å²) in [5.41, 5.74) is 2.64. The number of halogens is 3. The van der Waals surface area contributed by atoms with Gasteiger partial charge in [0, 0.05) is 46.0 Å². The largest absolute Gasteiger partial charge is 0.362 e. The maximum atomic E-state index is 14.1. The summed E-state index contributed by atoms with van der Waals surface area (Å²) in [7, 11) is 0. The van der Waals surface area contributed by atoms with Crippen LogP contribution >= 0.6 is 11.6 Å². The van der Waals surface area contributed by atoms with Gasteiger partial charge >= 0.3 is 0 Å². The molecule has 0 fully saturated rings. The normalized spacial score (nSPS) is 18.8. The summed E-state index contributed by atoms with van der Waals surface area (Å²) in [6, 6.07) is 9.98. The lowest BCUT2D eigenvalue weighted by molar-refractivity contribution is -0.116. The zero-order valence-electron chi connectivity index (χ0n) is 16.2. The monoisotopic (exact) mass is 428 g/mol. The average molecular weight is 429 g/mol. The molecule has 1 aliphatic heterocycles. The third kappa shape index (κ3) is 3.63. The van der Waals surface area contributed by atoms with E-state index in [1.54, 1.807) is 31.2 Å². The number of dihydropyridines is 1. The van der Waals surface area contributed by atoms with E-state index >= 15 is 0 Å². The van der Waals surface area contributed by atoms with Crippen molar-refractivity contribution in [2.45, 2.75) is 32.1 Å². The number of Topliss-reactive ketones (excluding diaryl/α,β-unsaturated/α-hetero) is 1. The molecule has 0 spiro atoms. The Morgan fingerprint density at radius 2 is 1.93 bits per heavy atom. The summed E-state index contributed by atoms with van der Waals surface area (Å²) in [6.45, 7) is 1.74. The molecule has 0 unspecified atom stereocenters. The standard InChI is InChI=1S/C23H19ClF2N2O2/c1-12-20(23(30)28-17-10-9-13(25)11-16(17)26)21(14-5-2-3-6-15(14)24)22-18(27-12)7-4-8-19(22)29/h2-3,5-6,9-11,21,27H,4,7-8H2,1H3,(H,28,30)/t21-/m0/s1.